The van der Waals surface area contributed by atoms with Gasteiger partial charge >= 0.3 is 0 Å². The van der Waals surface area contributed by atoms with Crippen molar-refractivity contribution in [2.45, 2.75) is 37.8 Å². The van der Waals surface area contributed by atoms with E-state index in [9.17, 15) is 5.11 Å². The lowest BCUT2D eigenvalue weighted by Crippen LogP contribution is -2.36. The number of nitriles is 1. The Labute approximate surface area is 103 Å². The van der Waals surface area contributed by atoms with E-state index < -0.39 is 0 Å². The standard InChI is InChI=1S/C10H12ClN3OS/c11-9-6(5-12)10(16-14-9)13-7-3-1-2-4-8(7)15/h7-8,13,15H,1-4H2/t7-,8-/m0/s1. The maximum atomic E-state index is 9.81. The number of hydrogen-bond acceptors (Lipinski definition) is 5. The summed E-state index contributed by atoms with van der Waals surface area (Å²) in [7, 11) is 0. The van der Waals surface area contributed by atoms with Gasteiger partial charge in [-0.2, -0.15) is 9.64 Å². The second kappa shape index (κ2) is 5.00. The van der Waals surface area contributed by atoms with Crippen LogP contribution in [0.5, 0.6) is 0 Å². The third kappa shape index (κ3) is 2.29. The number of nitrogens with one attached hydrogen (secondary N) is 1. The van der Waals surface area contributed by atoms with Crippen LogP contribution in [0, 0.1) is 11.3 Å². The molecule has 1 aromatic rings. The Bertz CT molecular complexity index is 415. The van der Waals surface area contributed by atoms with Crippen LogP contribution in [-0.2, 0) is 0 Å². The predicted molar refractivity (Wildman–Crippen MR) is 63.7 cm³/mol. The van der Waals surface area contributed by atoms with Gasteiger partial charge < -0.3 is 10.4 Å². The van der Waals surface area contributed by atoms with Gasteiger partial charge in [-0.15, -0.1) is 0 Å². The number of halogens is 1. The molecule has 0 radical (unpaired) electrons. The molecule has 0 unspecified atom stereocenters. The molecule has 2 rings (SSSR count). The van der Waals surface area contributed by atoms with Crippen molar-refractivity contribution in [3.8, 4) is 6.07 Å². The maximum Gasteiger partial charge on any atom is 0.162 e. The van der Waals surface area contributed by atoms with E-state index in [1.165, 1.54) is 11.5 Å². The minimum absolute atomic E-state index is 0.0115. The van der Waals surface area contributed by atoms with Crippen molar-refractivity contribution >= 4 is 28.1 Å². The normalized spacial score (nSPS) is 25.1. The van der Waals surface area contributed by atoms with Crippen LogP contribution in [0.4, 0.5) is 5.00 Å². The summed E-state index contributed by atoms with van der Waals surface area (Å²) in [6, 6.07) is 2.03. The Morgan fingerprint density at radius 3 is 2.94 bits per heavy atom. The first-order valence-electron chi connectivity index (χ1n) is 5.22. The summed E-state index contributed by atoms with van der Waals surface area (Å²) in [6.45, 7) is 0. The summed E-state index contributed by atoms with van der Waals surface area (Å²) in [5.74, 6) is 0. The average molecular weight is 258 g/mol. The molecule has 16 heavy (non-hydrogen) atoms. The van der Waals surface area contributed by atoms with Crippen LogP contribution >= 0.6 is 23.1 Å². The van der Waals surface area contributed by atoms with Crippen LogP contribution in [0.3, 0.4) is 0 Å². The summed E-state index contributed by atoms with van der Waals surface area (Å²) in [6.07, 6.45) is 3.55. The molecule has 2 N–H and O–H groups in total. The van der Waals surface area contributed by atoms with Gasteiger partial charge in [-0.05, 0) is 24.4 Å². The first-order valence-corrected chi connectivity index (χ1v) is 6.37. The molecule has 0 aromatic carbocycles. The Balaban J connectivity index is 2.11. The lowest BCUT2D eigenvalue weighted by atomic mass is 9.93. The molecular formula is C10H12ClN3OS. The Morgan fingerprint density at radius 2 is 2.25 bits per heavy atom. The van der Waals surface area contributed by atoms with E-state index in [1.54, 1.807) is 0 Å². The third-order valence-electron chi connectivity index (χ3n) is 2.81. The Kier molecular flexibility index (Phi) is 3.64. The third-order valence-corrected chi connectivity index (χ3v) is 3.96. The molecule has 0 saturated heterocycles. The smallest absolute Gasteiger partial charge is 0.162 e. The molecule has 1 saturated carbocycles. The first kappa shape index (κ1) is 11.6. The number of aromatic nitrogens is 1. The minimum Gasteiger partial charge on any atom is -0.391 e. The van der Waals surface area contributed by atoms with Gasteiger partial charge in [0.05, 0.1) is 12.1 Å². The molecule has 6 heteroatoms. The summed E-state index contributed by atoms with van der Waals surface area (Å²) in [5.41, 5.74) is 0.379. The lowest BCUT2D eigenvalue weighted by Gasteiger charge is -2.28. The average Bonchev–Trinajstić information content (AvgIpc) is 2.63. The van der Waals surface area contributed by atoms with E-state index in [0.29, 0.717) is 10.6 Å². The summed E-state index contributed by atoms with van der Waals surface area (Å²) in [5, 5.41) is 22.8. The van der Waals surface area contributed by atoms with Crippen molar-refractivity contribution in [3.05, 3.63) is 10.7 Å². The molecule has 0 amide bonds. The largest absolute Gasteiger partial charge is 0.391 e. The molecule has 4 nitrogen and oxygen atoms in total. The van der Waals surface area contributed by atoms with Crippen molar-refractivity contribution in [1.82, 2.24) is 4.37 Å². The topological polar surface area (TPSA) is 68.9 Å². The SMILES string of the molecule is N#Cc1c(Cl)nsc1N[C@H]1CCCC[C@@H]1O. The molecule has 1 fully saturated rings. The highest BCUT2D eigenvalue weighted by Crippen LogP contribution is 2.30. The number of nitrogens with zero attached hydrogens (tertiary/aromatic N) is 2. The van der Waals surface area contributed by atoms with Gasteiger partial charge in [0, 0.05) is 0 Å². The van der Waals surface area contributed by atoms with Crippen LogP contribution < -0.4 is 5.32 Å². The molecule has 1 aromatic heterocycles. The first-order chi connectivity index (χ1) is 7.72. The highest BCUT2D eigenvalue weighted by atomic mass is 35.5. The molecule has 0 aliphatic heterocycles. The van der Waals surface area contributed by atoms with Gasteiger partial charge in [0.15, 0.2) is 5.15 Å². The fraction of sp³-hybridized carbons (Fsp3) is 0.600. The van der Waals surface area contributed by atoms with Crippen LogP contribution in [0.25, 0.3) is 0 Å². The van der Waals surface area contributed by atoms with Gasteiger partial charge in [0.1, 0.15) is 16.6 Å². The number of hydrogen-bond donors (Lipinski definition) is 2. The molecular weight excluding hydrogens is 246 g/mol. The maximum absolute atomic E-state index is 9.81. The van der Waals surface area contributed by atoms with Crippen LogP contribution in [0.15, 0.2) is 0 Å². The van der Waals surface area contributed by atoms with E-state index >= 15 is 0 Å². The molecule has 0 bridgehead atoms. The number of rotatable bonds is 2. The summed E-state index contributed by atoms with van der Waals surface area (Å²) < 4.78 is 3.92. The number of aliphatic hydroxyl groups is 1. The number of aliphatic hydroxyl groups excluding tert-OH is 1. The van der Waals surface area contributed by atoms with E-state index in [4.69, 9.17) is 16.9 Å². The minimum atomic E-state index is -0.346. The van der Waals surface area contributed by atoms with Crippen LogP contribution in [0.1, 0.15) is 31.2 Å². The van der Waals surface area contributed by atoms with Gasteiger partial charge in [0.2, 0.25) is 0 Å². The number of anilines is 1. The summed E-state index contributed by atoms with van der Waals surface area (Å²) >= 11 is 6.94. The predicted octanol–water partition coefficient (Wildman–Crippen LogP) is 2.38. The van der Waals surface area contributed by atoms with Crippen LogP contribution in [0.2, 0.25) is 5.15 Å². The molecule has 86 valence electrons. The zero-order valence-electron chi connectivity index (χ0n) is 8.61. The van der Waals surface area contributed by atoms with E-state index in [-0.39, 0.29) is 17.3 Å². The van der Waals surface area contributed by atoms with Crippen molar-refractivity contribution in [3.63, 3.8) is 0 Å². The van der Waals surface area contributed by atoms with Gasteiger partial charge in [-0.25, -0.2) is 0 Å². The summed E-state index contributed by atoms with van der Waals surface area (Å²) in [4.78, 5) is 0. The van der Waals surface area contributed by atoms with Crippen molar-refractivity contribution in [2.24, 2.45) is 0 Å². The second-order valence-corrected chi connectivity index (χ2v) is 5.02. The Morgan fingerprint density at radius 1 is 1.50 bits per heavy atom. The van der Waals surface area contributed by atoms with Crippen molar-refractivity contribution in [2.75, 3.05) is 5.32 Å². The van der Waals surface area contributed by atoms with E-state index in [0.717, 1.165) is 25.7 Å². The van der Waals surface area contributed by atoms with Crippen LogP contribution in [-0.4, -0.2) is 21.6 Å². The van der Waals surface area contributed by atoms with Crippen molar-refractivity contribution < 1.29 is 5.11 Å². The second-order valence-electron chi connectivity index (χ2n) is 3.89. The molecule has 1 heterocycles. The zero-order valence-corrected chi connectivity index (χ0v) is 10.2. The molecule has 2 atom stereocenters. The molecule has 0 spiro atoms. The van der Waals surface area contributed by atoms with Crippen molar-refractivity contribution in [1.29, 1.82) is 5.26 Å². The van der Waals surface area contributed by atoms with Gasteiger partial charge in [0.25, 0.3) is 0 Å². The quantitative estimate of drug-likeness (QED) is 0.854. The highest BCUT2D eigenvalue weighted by Gasteiger charge is 2.24. The fourth-order valence-electron chi connectivity index (χ4n) is 1.91. The zero-order chi connectivity index (χ0) is 11.5. The monoisotopic (exact) mass is 257 g/mol. The Hall–Kier alpha value is -0.830. The molecule has 1 aliphatic rings. The van der Waals surface area contributed by atoms with Gasteiger partial charge in [-0.1, -0.05) is 24.4 Å². The van der Waals surface area contributed by atoms with E-state index in [1.807, 2.05) is 6.07 Å². The molecule has 1 aliphatic carbocycles. The fourth-order valence-corrected chi connectivity index (χ4v) is 2.91. The van der Waals surface area contributed by atoms with E-state index in [2.05, 4.69) is 9.69 Å². The highest BCUT2D eigenvalue weighted by molar-refractivity contribution is 7.10. The lowest BCUT2D eigenvalue weighted by molar-refractivity contribution is 0.116. The van der Waals surface area contributed by atoms with Gasteiger partial charge in [-0.3, -0.25) is 0 Å².